The molecule has 4 aliphatic rings. The molecule has 6 nitrogen and oxygen atoms in total. The highest BCUT2D eigenvalue weighted by molar-refractivity contribution is 5.96. The lowest BCUT2D eigenvalue weighted by atomic mass is 9.77. The van der Waals surface area contributed by atoms with Crippen LogP contribution < -0.4 is 15.5 Å². The Kier molecular flexibility index (Phi) is 3.02. The first kappa shape index (κ1) is 14.1. The van der Waals surface area contributed by atoms with Crippen LogP contribution in [0.15, 0.2) is 24.3 Å². The molecule has 2 saturated heterocycles. The van der Waals surface area contributed by atoms with Crippen LogP contribution in [0.25, 0.3) is 0 Å². The molecule has 4 atom stereocenters. The average molecular weight is 326 g/mol. The Morgan fingerprint density at radius 3 is 2.92 bits per heavy atom. The van der Waals surface area contributed by atoms with E-state index in [0.29, 0.717) is 19.1 Å². The number of benzene rings is 1. The molecule has 1 aromatic carbocycles. The van der Waals surface area contributed by atoms with E-state index in [9.17, 15) is 9.59 Å². The summed E-state index contributed by atoms with van der Waals surface area (Å²) in [5, 5.41) is 5.82. The first-order chi connectivity index (χ1) is 11.7. The second-order valence-electron chi connectivity index (χ2n) is 7.50. The van der Waals surface area contributed by atoms with Gasteiger partial charge in [-0.25, -0.2) is 9.59 Å². The van der Waals surface area contributed by atoms with E-state index in [2.05, 4.69) is 10.6 Å². The molecule has 2 bridgehead atoms. The minimum Gasteiger partial charge on any atom is -0.336 e. The normalized spacial score (nSPS) is 33.2. The number of carbonyl (C=O) groups excluding carboxylic acids is 2. The van der Waals surface area contributed by atoms with E-state index in [1.54, 1.807) is 4.90 Å². The Morgan fingerprint density at radius 1 is 1.25 bits per heavy atom. The maximum atomic E-state index is 12.6. The van der Waals surface area contributed by atoms with Crippen LogP contribution in [0.2, 0.25) is 0 Å². The smallest absolute Gasteiger partial charge is 0.322 e. The summed E-state index contributed by atoms with van der Waals surface area (Å²) in [5.41, 5.74) is 1.58. The largest absolute Gasteiger partial charge is 0.336 e. The molecule has 5 rings (SSSR count). The molecule has 2 heterocycles. The molecular formula is C18H22N4O2. The third kappa shape index (κ3) is 2.01. The molecule has 24 heavy (non-hydrogen) atoms. The Bertz CT molecular complexity index is 704. The second-order valence-corrected chi connectivity index (χ2v) is 7.50. The molecule has 6 heteroatoms. The van der Waals surface area contributed by atoms with E-state index in [0.717, 1.165) is 35.7 Å². The quantitative estimate of drug-likeness (QED) is 0.877. The zero-order valence-corrected chi connectivity index (χ0v) is 13.6. The van der Waals surface area contributed by atoms with Gasteiger partial charge >= 0.3 is 12.1 Å². The first-order valence-electron chi connectivity index (χ1n) is 8.94. The number of nitrogens with one attached hydrogen (secondary N) is 2. The summed E-state index contributed by atoms with van der Waals surface area (Å²) in [6.45, 7) is 2.23. The van der Waals surface area contributed by atoms with Crippen molar-refractivity contribution in [2.75, 3.05) is 29.9 Å². The van der Waals surface area contributed by atoms with E-state index in [-0.39, 0.29) is 12.1 Å². The molecule has 2 aliphatic heterocycles. The predicted octanol–water partition coefficient (Wildman–Crippen LogP) is 2.48. The molecule has 2 saturated carbocycles. The lowest BCUT2D eigenvalue weighted by Gasteiger charge is -2.50. The van der Waals surface area contributed by atoms with E-state index in [1.165, 1.54) is 19.3 Å². The summed E-state index contributed by atoms with van der Waals surface area (Å²) in [6.07, 6.45) is 3.97. The minimum atomic E-state index is -0.0777. The number of nitrogens with zero attached hydrogens (tertiary/aromatic N) is 2. The van der Waals surface area contributed by atoms with Crippen LogP contribution in [0.5, 0.6) is 0 Å². The molecule has 1 aromatic rings. The Hall–Kier alpha value is -2.24. The highest BCUT2D eigenvalue weighted by atomic mass is 16.2. The van der Waals surface area contributed by atoms with Gasteiger partial charge in [-0.2, -0.15) is 0 Å². The fraction of sp³-hybridized carbons (Fsp3) is 0.556. The summed E-state index contributed by atoms with van der Waals surface area (Å²) in [5.74, 6) is 2.33. The molecule has 0 radical (unpaired) electrons. The summed E-state index contributed by atoms with van der Waals surface area (Å²) < 4.78 is 0. The molecule has 4 fully saturated rings. The number of likely N-dealkylation sites (tertiary alicyclic amines) is 1. The van der Waals surface area contributed by atoms with Gasteiger partial charge in [-0.3, -0.25) is 4.90 Å². The molecule has 4 amide bonds. The molecule has 126 valence electrons. The van der Waals surface area contributed by atoms with Crippen molar-refractivity contribution < 1.29 is 9.59 Å². The average Bonchev–Trinajstić information content (AvgIpc) is 3.21. The van der Waals surface area contributed by atoms with Crippen LogP contribution in [-0.2, 0) is 0 Å². The number of amides is 4. The van der Waals surface area contributed by atoms with Gasteiger partial charge in [0, 0.05) is 43.0 Å². The van der Waals surface area contributed by atoms with Crippen molar-refractivity contribution in [1.82, 2.24) is 10.2 Å². The van der Waals surface area contributed by atoms with Gasteiger partial charge in [0.15, 0.2) is 0 Å². The van der Waals surface area contributed by atoms with Gasteiger partial charge in [0.25, 0.3) is 0 Å². The van der Waals surface area contributed by atoms with Crippen molar-refractivity contribution in [2.45, 2.75) is 25.3 Å². The first-order valence-corrected chi connectivity index (χ1v) is 8.94. The van der Waals surface area contributed by atoms with Gasteiger partial charge in [-0.1, -0.05) is 6.07 Å². The summed E-state index contributed by atoms with van der Waals surface area (Å²) in [4.78, 5) is 28.1. The number of rotatable bonds is 2. The van der Waals surface area contributed by atoms with Gasteiger partial charge in [0.1, 0.15) is 0 Å². The van der Waals surface area contributed by atoms with E-state index in [4.69, 9.17) is 0 Å². The van der Waals surface area contributed by atoms with Crippen LogP contribution in [0.1, 0.15) is 19.3 Å². The molecular weight excluding hydrogens is 304 g/mol. The monoisotopic (exact) mass is 326 g/mol. The number of anilines is 2. The maximum Gasteiger partial charge on any atom is 0.322 e. The van der Waals surface area contributed by atoms with E-state index < -0.39 is 0 Å². The van der Waals surface area contributed by atoms with Gasteiger partial charge in [-0.15, -0.1) is 0 Å². The maximum absolute atomic E-state index is 12.6. The molecule has 2 N–H and O–H groups in total. The molecule has 2 aliphatic carbocycles. The second kappa shape index (κ2) is 5.13. The zero-order chi connectivity index (χ0) is 16.3. The minimum absolute atomic E-state index is 0.00632. The number of hydrogen-bond donors (Lipinski definition) is 2. The highest BCUT2D eigenvalue weighted by Crippen LogP contribution is 2.55. The Morgan fingerprint density at radius 2 is 2.12 bits per heavy atom. The third-order valence-corrected chi connectivity index (χ3v) is 6.34. The third-order valence-electron chi connectivity index (χ3n) is 6.34. The summed E-state index contributed by atoms with van der Waals surface area (Å²) in [6, 6.07) is 7.94. The number of urea groups is 2. The number of fused-ring (bicyclic) bond motifs is 5. The van der Waals surface area contributed by atoms with Crippen LogP contribution in [0.3, 0.4) is 0 Å². The van der Waals surface area contributed by atoms with Crippen LogP contribution >= 0.6 is 0 Å². The Balaban J connectivity index is 1.28. The topological polar surface area (TPSA) is 64.7 Å². The van der Waals surface area contributed by atoms with E-state index >= 15 is 0 Å². The highest BCUT2D eigenvalue weighted by Gasteiger charge is 2.57. The number of hydrogen-bond acceptors (Lipinski definition) is 2. The standard InChI is InChI=1S/C18H22N4O2/c23-17-19-6-7-21(17)14-3-1-2-13(9-14)20-18(24)22-10-15-11-4-5-12(8-11)16(15)22/h1-3,9,11-12,15-16H,4-8,10H2,(H,19,23)(H,20,24)/t11-,12-,15+,16-/m0/s1. The molecule has 0 unspecified atom stereocenters. The van der Waals surface area contributed by atoms with Gasteiger partial charge < -0.3 is 15.5 Å². The molecule has 0 aromatic heterocycles. The summed E-state index contributed by atoms with van der Waals surface area (Å²) in [7, 11) is 0. The van der Waals surface area contributed by atoms with Crippen LogP contribution in [0.4, 0.5) is 21.0 Å². The van der Waals surface area contributed by atoms with Crippen molar-refractivity contribution in [2.24, 2.45) is 17.8 Å². The number of carbonyl (C=O) groups is 2. The van der Waals surface area contributed by atoms with Gasteiger partial charge in [-0.05, 0) is 49.3 Å². The lowest BCUT2D eigenvalue weighted by molar-refractivity contribution is 0.0177. The predicted molar refractivity (Wildman–Crippen MR) is 91.0 cm³/mol. The Labute approximate surface area is 141 Å². The fourth-order valence-corrected chi connectivity index (χ4v) is 5.22. The van der Waals surface area contributed by atoms with Crippen LogP contribution in [-0.4, -0.2) is 42.6 Å². The van der Waals surface area contributed by atoms with Crippen molar-refractivity contribution in [3.63, 3.8) is 0 Å². The van der Waals surface area contributed by atoms with Crippen molar-refractivity contribution >= 4 is 23.4 Å². The SMILES string of the molecule is O=C1NCCN1c1cccc(NC(=O)N2C[C@@H]3[C@H]4CC[C@@H](C4)[C@@H]32)c1. The van der Waals surface area contributed by atoms with Crippen LogP contribution in [0, 0.1) is 17.8 Å². The van der Waals surface area contributed by atoms with Gasteiger partial charge in [0.2, 0.25) is 0 Å². The zero-order valence-electron chi connectivity index (χ0n) is 13.6. The van der Waals surface area contributed by atoms with Crippen molar-refractivity contribution in [3.8, 4) is 0 Å². The van der Waals surface area contributed by atoms with Crippen molar-refractivity contribution in [1.29, 1.82) is 0 Å². The van der Waals surface area contributed by atoms with Crippen molar-refractivity contribution in [3.05, 3.63) is 24.3 Å². The fourth-order valence-electron chi connectivity index (χ4n) is 5.22. The lowest BCUT2D eigenvalue weighted by Crippen LogP contribution is -2.61. The summed E-state index contributed by atoms with van der Waals surface area (Å²) >= 11 is 0. The molecule has 0 spiro atoms. The van der Waals surface area contributed by atoms with Gasteiger partial charge in [0.05, 0.1) is 0 Å². The van der Waals surface area contributed by atoms with E-state index in [1.807, 2.05) is 29.2 Å².